The molecule has 0 saturated heterocycles. The van der Waals surface area contributed by atoms with Crippen molar-refractivity contribution in [2.45, 2.75) is 18.9 Å². The van der Waals surface area contributed by atoms with Crippen molar-refractivity contribution in [1.29, 1.82) is 0 Å². The van der Waals surface area contributed by atoms with Crippen molar-refractivity contribution >= 4 is 35.1 Å². The van der Waals surface area contributed by atoms with Gasteiger partial charge in [-0.2, -0.15) is 5.10 Å². The molecule has 0 aliphatic heterocycles. The van der Waals surface area contributed by atoms with Crippen LogP contribution in [0.1, 0.15) is 18.5 Å². The third-order valence-electron chi connectivity index (χ3n) is 3.34. The molecule has 1 fully saturated rings. The first-order valence-corrected chi connectivity index (χ1v) is 7.10. The van der Waals surface area contributed by atoms with Crippen molar-refractivity contribution in [3.63, 3.8) is 0 Å². The van der Waals surface area contributed by atoms with Crippen LogP contribution in [0.5, 0.6) is 0 Å². The van der Waals surface area contributed by atoms with E-state index in [0.29, 0.717) is 17.1 Å². The summed E-state index contributed by atoms with van der Waals surface area (Å²) in [7, 11) is 0. The zero-order valence-electron chi connectivity index (χ0n) is 9.61. The van der Waals surface area contributed by atoms with Crippen LogP contribution in [0.3, 0.4) is 0 Å². The van der Waals surface area contributed by atoms with E-state index in [-0.39, 0.29) is 0 Å². The molecule has 3 atom stereocenters. The summed E-state index contributed by atoms with van der Waals surface area (Å²) in [5.74, 6) is 1.36. The summed E-state index contributed by atoms with van der Waals surface area (Å²) in [5.41, 5.74) is 3.54. The first-order chi connectivity index (χ1) is 8.81. The van der Waals surface area contributed by atoms with Crippen LogP contribution >= 0.6 is 23.8 Å². The molecule has 0 spiro atoms. The Bertz CT molecular complexity index is 482. The SMILES string of the molecule is S=C(NN=Cc1csnn1)NC1CC2C=CC1C2. The molecule has 0 radical (unpaired) electrons. The zero-order chi connectivity index (χ0) is 12.4. The van der Waals surface area contributed by atoms with E-state index in [9.17, 15) is 0 Å². The number of aromatic nitrogens is 2. The highest BCUT2D eigenvalue weighted by Crippen LogP contribution is 2.38. The van der Waals surface area contributed by atoms with Crippen LogP contribution in [0.2, 0.25) is 0 Å². The summed E-state index contributed by atoms with van der Waals surface area (Å²) in [6.07, 6.45) is 8.64. The van der Waals surface area contributed by atoms with Gasteiger partial charge in [0.1, 0.15) is 5.69 Å². The quantitative estimate of drug-likeness (QED) is 0.378. The summed E-state index contributed by atoms with van der Waals surface area (Å²) < 4.78 is 3.75. The predicted octanol–water partition coefficient (Wildman–Crippen LogP) is 1.30. The van der Waals surface area contributed by atoms with Crippen LogP contribution in [0.4, 0.5) is 0 Å². The minimum absolute atomic E-state index is 0.455. The van der Waals surface area contributed by atoms with Crippen molar-refractivity contribution in [2.75, 3.05) is 0 Å². The van der Waals surface area contributed by atoms with E-state index in [1.807, 2.05) is 5.38 Å². The molecule has 3 rings (SSSR count). The molecule has 0 aromatic carbocycles. The lowest BCUT2D eigenvalue weighted by Gasteiger charge is -2.20. The number of fused-ring (bicyclic) bond motifs is 2. The van der Waals surface area contributed by atoms with Crippen molar-refractivity contribution in [3.05, 3.63) is 23.2 Å². The third kappa shape index (κ3) is 2.56. The number of nitrogens with zero attached hydrogens (tertiary/aromatic N) is 3. The Morgan fingerprint density at radius 2 is 2.44 bits per heavy atom. The number of thiocarbonyl (C=S) groups is 1. The van der Waals surface area contributed by atoms with Gasteiger partial charge in [-0.1, -0.05) is 16.6 Å². The van der Waals surface area contributed by atoms with E-state index in [1.165, 1.54) is 24.4 Å². The monoisotopic (exact) mass is 279 g/mol. The first-order valence-electron chi connectivity index (χ1n) is 5.86. The summed E-state index contributed by atoms with van der Waals surface area (Å²) in [6.45, 7) is 0. The van der Waals surface area contributed by atoms with E-state index in [1.54, 1.807) is 6.21 Å². The van der Waals surface area contributed by atoms with Crippen LogP contribution in [0.15, 0.2) is 22.6 Å². The molecule has 2 aliphatic carbocycles. The number of rotatable bonds is 3. The van der Waals surface area contributed by atoms with Crippen LogP contribution < -0.4 is 10.7 Å². The van der Waals surface area contributed by atoms with Crippen molar-refractivity contribution < 1.29 is 0 Å². The number of hydrogen-bond acceptors (Lipinski definition) is 5. The molecule has 18 heavy (non-hydrogen) atoms. The normalized spacial score (nSPS) is 29.0. The molecule has 3 unspecified atom stereocenters. The third-order valence-corrected chi connectivity index (χ3v) is 4.07. The van der Waals surface area contributed by atoms with Gasteiger partial charge >= 0.3 is 0 Å². The first kappa shape index (κ1) is 11.7. The van der Waals surface area contributed by atoms with Crippen LogP contribution in [-0.2, 0) is 0 Å². The summed E-state index contributed by atoms with van der Waals surface area (Å²) >= 11 is 6.50. The number of hydrogen-bond donors (Lipinski definition) is 2. The molecule has 5 nitrogen and oxygen atoms in total. The van der Waals surface area contributed by atoms with Crippen molar-refractivity contribution in [3.8, 4) is 0 Å². The lowest BCUT2D eigenvalue weighted by molar-refractivity contribution is 0.521. The van der Waals surface area contributed by atoms with Gasteiger partial charge in [0.2, 0.25) is 0 Å². The Hall–Kier alpha value is -1.34. The molecule has 1 heterocycles. The largest absolute Gasteiger partial charge is 0.358 e. The lowest BCUT2D eigenvalue weighted by Crippen LogP contribution is -2.42. The van der Waals surface area contributed by atoms with Gasteiger partial charge < -0.3 is 5.32 Å². The van der Waals surface area contributed by atoms with Crippen LogP contribution in [0, 0.1) is 11.8 Å². The van der Waals surface area contributed by atoms with Gasteiger partial charge in [0.25, 0.3) is 0 Å². The number of allylic oxidation sites excluding steroid dienone is 1. The maximum absolute atomic E-state index is 5.21. The lowest BCUT2D eigenvalue weighted by atomic mass is 10.0. The average Bonchev–Trinajstić information content (AvgIpc) is 3.04. The Morgan fingerprint density at radius 3 is 3.11 bits per heavy atom. The summed E-state index contributed by atoms with van der Waals surface area (Å²) in [4.78, 5) is 0. The Kier molecular flexibility index (Phi) is 3.33. The minimum atomic E-state index is 0.455. The maximum Gasteiger partial charge on any atom is 0.187 e. The van der Waals surface area contributed by atoms with Gasteiger partial charge in [-0.15, -0.1) is 5.10 Å². The molecule has 1 saturated carbocycles. The maximum atomic E-state index is 5.21. The second kappa shape index (κ2) is 5.11. The highest BCUT2D eigenvalue weighted by molar-refractivity contribution is 7.80. The summed E-state index contributed by atoms with van der Waals surface area (Å²) in [5, 5.41) is 13.6. The Morgan fingerprint density at radius 1 is 1.50 bits per heavy atom. The van der Waals surface area contributed by atoms with E-state index in [0.717, 1.165) is 11.6 Å². The van der Waals surface area contributed by atoms with Gasteiger partial charge in [-0.3, -0.25) is 5.43 Å². The fourth-order valence-electron chi connectivity index (χ4n) is 2.53. The van der Waals surface area contributed by atoms with Crippen molar-refractivity contribution in [1.82, 2.24) is 20.3 Å². The van der Waals surface area contributed by atoms with Gasteiger partial charge in [-0.25, -0.2) is 0 Å². The topological polar surface area (TPSA) is 62.2 Å². The molecule has 2 N–H and O–H groups in total. The smallest absolute Gasteiger partial charge is 0.187 e. The fraction of sp³-hybridized carbons (Fsp3) is 0.455. The molecule has 7 heteroatoms. The van der Waals surface area contributed by atoms with Crippen molar-refractivity contribution in [2.24, 2.45) is 16.9 Å². The van der Waals surface area contributed by atoms with Gasteiger partial charge in [0, 0.05) is 11.4 Å². The number of nitrogens with one attached hydrogen (secondary N) is 2. The molecule has 1 aromatic rings. The molecular weight excluding hydrogens is 266 g/mol. The second-order valence-corrected chi connectivity index (χ2v) is 5.58. The van der Waals surface area contributed by atoms with Gasteiger partial charge in [0.05, 0.1) is 6.21 Å². The van der Waals surface area contributed by atoms with Crippen LogP contribution in [0.25, 0.3) is 0 Å². The molecule has 1 aromatic heterocycles. The molecule has 0 amide bonds. The van der Waals surface area contributed by atoms with E-state index < -0.39 is 0 Å². The van der Waals surface area contributed by atoms with E-state index >= 15 is 0 Å². The standard InChI is InChI=1S/C11H13N5S2/c17-11(15-12-5-9-6-18-16-14-9)13-10-4-7-1-2-8(10)3-7/h1-2,5-8,10H,3-4H2,(H2,13,15,17). The summed E-state index contributed by atoms with van der Waals surface area (Å²) in [6, 6.07) is 0.455. The highest BCUT2D eigenvalue weighted by atomic mass is 32.1. The average molecular weight is 279 g/mol. The highest BCUT2D eigenvalue weighted by Gasteiger charge is 2.35. The minimum Gasteiger partial charge on any atom is -0.358 e. The fourth-order valence-corrected chi connectivity index (χ4v) is 3.14. The molecule has 94 valence electrons. The van der Waals surface area contributed by atoms with E-state index in [2.05, 4.69) is 37.6 Å². The molecule has 2 bridgehead atoms. The van der Waals surface area contributed by atoms with Gasteiger partial charge in [0.15, 0.2) is 5.11 Å². The predicted molar refractivity (Wildman–Crippen MR) is 75.5 cm³/mol. The zero-order valence-corrected chi connectivity index (χ0v) is 11.2. The van der Waals surface area contributed by atoms with E-state index in [4.69, 9.17) is 12.2 Å². The number of hydrazone groups is 1. The Labute approximate surface area is 115 Å². The molecule has 2 aliphatic rings. The Balaban J connectivity index is 1.46. The van der Waals surface area contributed by atoms with Gasteiger partial charge in [-0.05, 0) is 48.4 Å². The second-order valence-electron chi connectivity index (χ2n) is 4.56. The molecular formula is C11H13N5S2. The van der Waals surface area contributed by atoms with Crippen LogP contribution in [-0.4, -0.2) is 27.0 Å².